The van der Waals surface area contributed by atoms with Crippen molar-refractivity contribution in [3.8, 4) is 5.75 Å². The Balaban J connectivity index is 2.31. The Morgan fingerprint density at radius 2 is 1.80 bits per heavy atom. The van der Waals surface area contributed by atoms with Gasteiger partial charge in [-0.15, -0.1) is 0 Å². The minimum absolute atomic E-state index is 0.312. The lowest BCUT2D eigenvalue weighted by molar-refractivity contribution is 0.0985. The number of aliphatic hydroxyl groups is 1. The van der Waals surface area contributed by atoms with Crippen molar-refractivity contribution in [2.24, 2.45) is 0 Å². The topological polar surface area (TPSA) is 81.3 Å². The van der Waals surface area contributed by atoms with Gasteiger partial charge in [0.25, 0.3) is 0 Å². The number of aliphatic hydroxyl groups excluding tert-OH is 1. The van der Waals surface area contributed by atoms with Crippen molar-refractivity contribution in [1.29, 1.82) is 0 Å². The highest BCUT2D eigenvalue weighted by atomic mass is 16.6. The molecule has 0 fully saturated rings. The highest BCUT2D eigenvalue weighted by Crippen LogP contribution is 2.22. The van der Waals surface area contributed by atoms with Crippen molar-refractivity contribution in [2.75, 3.05) is 12.5 Å². The van der Waals surface area contributed by atoms with E-state index < -0.39 is 0 Å². The summed E-state index contributed by atoms with van der Waals surface area (Å²) in [5.41, 5.74) is 10.8. The van der Waals surface area contributed by atoms with E-state index in [1.807, 2.05) is 39.0 Å². The first kappa shape index (κ1) is 14.3. The number of nitrogens with zero attached hydrogens (tertiary/aromatic N) is 2. The van der Waals surface area contributed by atoms with Crippen molar-refractivity contribution >= 4 is 5.95 Å². The quantitative estimate of drug-likeness (QED) is 0.832. The predicted octanol–water partition coefficient (Wildman–Crippen LogP) is 1.90. The van der Waals surface area contributed by atoms with Crippen LogP contribution >= 0.6 is 0 Å². The lowest BCUT2D eigenvalue weighted by Gasteiger charge is -2.12. The highest BCUT2D eigenvalue weighted by Gasteiger charge is 2.10. The molecule has 2 rings (SSSR count). The SMILES string of the molecule is Cc1cc(OCO)ccc1Cc1c(C)nc(N)nc1C. The number of hydrogen-bond acceptors (Lipinski definition) is 5. The first-order valence-electron chi connectivity index (χ1n) is 6.44. The van der Waals surface area contributed by atoms with Crippen LogP contribution in [0.1, 0.15) is 28.1 Å². The van der Waals surface area contributed by atoms with Crippen molar-refractivity contribution in [3.63, 3.8) is 0 Å². The number of nitrogen functional groups attached to an aromatic ring is 1. The van der Waals surface area contributed by atoms with Crippen molar-refractivity contribution in [2.45, 2.75) is 27.2 Å². The lowest BCUT2D eigenvalue weighted by Crippen LogP contribution is -2.06. The maximum absolute atomic E-state index is 8.76. The van der Waals surface area contributed by atoms with Gasteiger partial charge in [-0.2, -0.15) is 0 Å². The van der Waals surface area contributed by atoms with Gasteiger partial charge in [0.05, 0.1) is 0 Å². The fourth-order valence-corrected chi connectivity index (χ4v) is 2.24. The van der Waals surface area contributed by atoms with Crippen LogP contribution in [-0.4, -0.2) is 21.9 Å². The van der Waals surface area contributed by atoms with Gasteiger partial charge in [0.15, 0.2) is 6.79 Å². The van der Waals surface area contributed by atoms with E-state index in [0.29, 0.717) is 11.7 Å². The molecule has 2 aromatic rings. The van der Waals surface area contributed by atoms with Crippen LogP contribution in [0.3, 0.4) is 0 Å². The highest BCUT2D eigenvalue weighted by molar-refractivity contribution is 5.40. The van der Waals surface area contributed by atoms with Gasteiger partial charge in [-0.3, -0.25) is 0 Å². The van der Waals surface area contributed by atoms with Crippen LogP contribution in [0.15, 0.2) is 18.2 Å². The molecule has 20 heavy (non-hydrogen) atoms. The Morgan fingerprint density at radius 3 is 2.35 bits per heavy atom. The monoisotopic (exact) mass is 273 g/mol. The third-order valence-electron chi connectivity index (χ3n) is 3.35. The molecule has 0 saturated heterocycles. The van der Waals surface area contributed by atoms with E-state index in [-0.39, 0.29) is 6.79 Å². The fraction of sp³-hybridized carbons (Fsp3) is 0.333. The first-order valence-corrected chi connectivity index (χ1v) is 6.44. The Kier molecular flexibility index (Phi) is 4.20. The number of rotatable bonds is 4. The number of hydrogen-bond donors (Lipinski definition) is 2. The normalized spacial score (nSPS) is 10.6. The molecule has 0 unspecified atom stereocenters. The average Bonchev–Trinajstić information content (AvgIpc) is 2.36. The molecule has 0 aliphatic heterocycles. The van der Waals surface area contributed by atoms with Crippen LogP contribution in [0.4, 0.5) is 5.95 Å². The maximum Gasteiger partial charge on any atom is 0.220 e. The van der Waals surface area contributed by atoms with Gasteiger partial charge < -0.3 is 15.6 Å². The molecule has 0 saturated carbocycles. The molecule has 1 heterocycles. The molecule has 0 aliphatic carbocycles. The van der Waals surface area contributed by atoms with E-state index in [2.05, 4.69) is 9.97 Å². The Morgan fingerprint density at radius 1 is 1.15 bits per heavy atom. The molecular formula is C15H19N3O2. The molecule has 106 valence electrons. The molecule has 1 aromatic carbocycles. The lowest BCUT2D eigenvalue weighted by atomic mass is 9.98. The molecular weight excluding hydrogens is 254 g/mol. The zero-order valence-electron chi connectivity index (χ0n) is 12.0. The molecule has 0 bridgehead atoms. The molecule has 0 aliphatic rings. The van der Waals surface area contributed by atoms with E-state index in [9.17, 15) is 0 Å². The van der Waals surface area contributed by atoms with Crippen LogP contribution in [0.2, 0.25) is 0 Å². The second-order valence-corrected chi connectivity index (χ2v) is 4.77. The van der Waals surface area contributed by atoms with Gasteiger partial charge in [0, 0.05) is 17.8 Å². The zero-order valence-corrected chi connectivity index (χ0v) is 12.0. The van der Waals surface area contributed by atoms with Gasteiger partial charge in [-0.05, 0) is 49.6 Å². The maximum atomic E-state index is 8.76. The number of ether oxygens (including phenoxy) is 1. The number of aryl methyl sites for hydroxylation is 3. The Hall–Kier alpha value is -2.14. The van der Waals surface area contributed by atoms with Gasteiger partial charge >= 0.3 is 0 Å². The summed E-state index contributed by atoms with van der Waals surface area (Å²) in [6.45, 7) is 5.59. The number of anilines is 1. The van der Waals surface area contributed by atoms with Gasteiger partial charge in [-0.1, -0.05) is 6.07 Å². The van der Waals surface area contributed by atoms with Gasteiger partial charge in [0.2, 0.25) is 5.95 Å². The summed E-state index contributed by atoms with van der Waals surface area (Å²) in [5, 5.41) is 8.76. The summed E-state index contributed by atoms with van der Waals surface area (Å²) >= 11 is 0. The molecule has 1 aromatic heterocycles. The molecule has 0 amide bonds. The van der Waals surface area contributed by atoms with Crippen LogP contribution < -0.4 is 10.5 Å². The van der Waals surface area contributed by atoms with E-state index >= 15 is 0 Å². The van der Waals surface area contributed by atoms with E-state index in [4.69, 9.17) is 15.6 Å². The van der Waals surface area contributed by atoms with Crippen LogP contribution in [0.5, 0.6) is 5.75 Å². The van der Waals surface area contributed by atoms with E-state index in [1.54, 1.807) is 0 Å². The molecule has 0 radical (unpaired) electrons. The van der Waals surface area contributed by atoms with Crippen molar-refractivity contribution < 1.29 is 9.84 Å². The number of aromatic nitrogens is 2. The second kappa shape index (κ2) is 5.88. The minimum atomic E-state index is -0.317. The molecule has 3 N–H and O–H groups in total. The minimum Gasteiger partial charge on any atom is -0.468 e. The Bertz CT molecular complexity index is 604. The first-order chi connectivity index (χ1) is 9.51. The fourth-order valence-electron chi connectivity index (χ4n) is 2.24. The third-order valence-corrected chi connectivity index (χ3v) is 3.35. The largest absolute Gasteiger partial charge is 0.468 e. The molecule has 0 spiro atoms. The molecule has 5 nitrogen and oxygen atoms in total. The van der Waals surface area contributed by atoms with Crippen LogP contribution in [0.25, 0.3) is 0 Å². The van der Waals surface area contributed by atoms with Crippen molar-refractivity contribution in [3.05, 3.63) is 46.3 Å². The molecule has 0 atom stereocenters. The predicted molar refractivity (Wildman–Crippen MR) is 77.6 cm³/mol. The Labute approximate surface area is 118 Å². The number of nitrogens with two attached hydrogens (primary N) is 1. The summed E-state index contributed by atoms with van der Waals surface area (Å²) in [5.74, 6) is 0.975. The summed E-state index contributed by atoms with van der Waals surface area (Å²) in [7, 11) is 0. The average molecular weight is 273 g/mol. The molecule has 5 heteroatoms. The van der Waals surface area contributed by atoms with Crippen molar-refractivity contribution in [1.82, 2.24) is 9.97 Å². The smallest absolute Gasteiger partial charge is 0.220 e. The summed E-state index contributed by atoms with van der Waals surface area (Å²) < 4.78 is 5.07. The summed E-state index contributed by atoms with van der Waals surface area (Å²) in [6.07, 6.45) is 0.753. The second-order valence-electron chi connectivity index (χ2n) is 4.77. The van der Waals surface area contributed by atoms with Gasteiger partial charge in [0.1, 0.15) is 5.75 Å². The van der Waals surface area contributed by atoms with Crippen LogP contribution in [-0.2, 0) is 6.42 Å². The number of benzene rings is 1. The van der Waals surface area contributed by atoms with Gasteiger partial charge in [-0.25, -0.2) is 9.97 Å². The summed E-state index contributed by atoms with van der Waals surface area (Å²) in [6, 6.07) is 5.76. The standard InChI is InChI=1S/C15H19N3O2/c1-9-6-13(20-8-19)5-4-12(9)7-14-10(2)17-15(16)18-11(14)3/h4-6,19H,7-8H2,1-3H3,(H2,16,17,18). The third kappa shape index (κ3) is 3.05. The van der Waals surface area contributed by atoms with E-state index in [1.165, 1.54) is 5.56 Å². The zero-order chi connectivity index (χ0) is 14.7. The van der Waals surface area contributed by atoms with Crippen LogP contribution in [0, 0.1) is 20.8 Å². The van der Waals surface area contributed by atoms with E-state index in [0.717, 1.165) is 28.9 Å². The summed E-state index contributed by atoms with van der Waals surface area (Å²) in [4.78, 5) is 8.43.